The maximum absolute atomic E-state index is 10.9. The number of rotatable bonds is 4. The molecule has 0 aromatic carbocycles. The number of aromatic nitrogens is 5. The normalized spacial score (nSPS) is 19.6. The Morgan fingerprint density at radius 2 is 2.23 bits per heavy atom. The number of halogens is 1. The monoisotopic (exact) mass is 373 g/mol. The van der Waals surface area contributed by atoms with Crippen LogP contribution in [-0.2, 0) is 4.74 Å². The van der Waals surface area contributed by atoms with Gasteiger partial charge in [0, 0.05) is 24.7 Å². The van der Waals surface area contributed by atoms with Gasteiger partial charge in [0.2, 0.25) is 5.95 Å². The number of primary amides is 1. The molecule has 2 atom stereocenters. The van der Waals surface area contributed by atoms with Gasteiger partial charge in [-0.15, -0.1) is 0 Å². The van der Waals surface area contributed by atoms with Crippen molar-refractivity contribution < 1.29 is 9.53 Å². The van der Waals surface area contributed by atoms with Gasteiger partial charge in [0.15, 0.2) is 5.65 Å². The van der Waals surface area contributed by atoms with E-state index < -0.39 is 6.09 Å². The highest BCUT2D eigenvalue weighted by atomic mass is 35.5. The molecule has 0 saturated heterocycles. The Morgan fingerprint density at radius 1 is 1.35 bits per heavy atom. The van der Waals surface area contributed by atoms with E-state index in [2.05, 4.69) is 25.4 Å². The first-order chi connectivity index (χ1) is 12.6. The van der Waals surface area contributed by atoms with Gasteiger partial charge in [-0.3, -0.25) is 0 Å². The number of carbonyl (C=O) groups excluding carboxylic acids is 1. The fraction of sp³-hybridized carbons (Fsp3) is 0.312. The van der Waals surface area contributed by atoms with Gasteiger partial charge in [0.25, 0.3) is 0 Å². The standard InChI is InChI=1S/C16H16ClN7O2/c17-11-8-19-16(21-9-1-2-10(7-9)26-15(18)25)23-14(11)12-4-6-24-13(22-12)3-5-20-24/h3-6,8-10H,1-2,7H2,(H2,18,25)(H,19,21,23)/t9-,10-/m0/s1. The number of amides is 1. The summed E-state index contributed by atoms with van der Waals surface area (Å²) in [6, 6.07) is 3.69. The van der Waals surface area contributed by atoms with Crippen molar-refractivity contribution in [1.29, 1.82) is 0 Å². The van der Waals surface area contributed by atoms with Crippen molar-refractivity contribution in [3.8, 4) is 11.4 Å². The van der Waals surface area contributed by atoms with E-state index in [0.717, 1.165) is 12.8 Å². The average molecular weight is 374 g/mol. The topological polar surface area (TPSA) is 120 Å². The zero-order valence-electron chi connectivity index (χ0n) is 13.7. The van der Waals surface area contributed by atoms with Gasteiger partial charge in [-0.2, -0.15) is 5.10 Å². The lowest BCUT2D eigenvalue weighted by molar-refractivity contribution is 0.110. The minimum atomic E-state index is -0.748. The van der Waals surface area contributed by atoms with Crippen molar-refractivity contribution in [2.45, 2.75) is 31.4 Å². The molecule has 1 amide bonds. The summed E-state index contributed by atoms with van der Waals surface area (Å²) in [5.74, 6) is 0.448. The van der Waals surface area contributed by atoms with Crippen molar-refractivity contribution in [3.05, 3.63) is 35.7 Å². The fourth-order valence-corrected chi connectivity index (χ4v) is 3.27. The average Bonchev–Trinajstić information content (AvgIpc) is 3.24. The molecular weight excluding hydrogens is 358 g/mol. The van der Waals surface area contributed by atoms with Crippen LogP contribution in [-0.4, -0.2) is 42.8 Å². The summed E-state index contributed by atoms with van der Waals surface area (Å²) in [5, 5.41) is 7.79. The van der Waals surface area contributed by atoms with Crippen LogP contribution in [0.2, 0.25) is 5.02 Å². The van der Waals surface area contributed by atoms with Crippen molar-refractivity contribution in [2.24, 2.45) is 5.73 Å². The third-order valence-electron chi connectivity index (χ3n) is 4.25. The van der Waals surface area contributed by atoms with Crippen LogP contribution in [0.3, 0.4) is 0 Å². The van der Waals surface area contributed by atoms with E-state index in [-0.39, 0.29) is 12.1 Å². The molecule has 0 bridgehead atoms. The number of carbonyl (C=O) groups is 1. The number of hydrogen-bond acceptors (Lipinski definition) is 7. The number of nitrogens with two attached hydrogens (primary N) is 1. The van der Waals surface area contributed by atoms with E-state index in [1.54, 1.807) is 35.2 Å². The van der Waals surface area contributed by atoms with E-state index in [1.807, 2.05) is 0 Å². The molecule has 3 aromatic rings. The molecule has 134 valence electrons. The molecule has 3 N–H and O–H groups in total. The second-order valence-electron chi connectivity index (χ2n) is 6.05. The van der Waals surface area contributed by atoms with Crippen LogP contribution >= 0.6 is 11.6 Å². The summed E-state index contributed by atoms with van der Waals surface area (Å²) in [7, 11) is 0. The van der Waals surface area contributed by atoms with E-state index >= 15 is 0 Å². The summed E-state index contributed by atoms with van der Waals surface area (Å²) in [6.45, 7) is 0. The van der Waals surface area contributed by atoms with Gasteiger partial charge >= 0.3 is 6.09 Å². The Hall–Kier alpha value is -2.94. The summed E-state index contributed by atoms with van der Waals surface area (Å²) in [5.41, 5.74) is 6.94. The molecule has 26 heavy (non-hydrogen) atoms. The van der Waals surface area contributed by atoms with Crippen LogP contribution in [0.4, 0.5) is 10.7 Å². The number of ether oxygens (including phenoxy) is 1. The van der Waals surface area contributed by atoms with E-state index in [1.165, 1.54) is 0 Å². The summed E-state index contributed by atoms with van der Waals surface area (Å²) >= 11 is 6.27. The van der Waals surface area contributed by atoms with Crippen molar-refractivity contribution >= 4 is 29.3 Å². The molecule has 3 aromatic heterocycles. The SMILES string of the molecule is NC(=O)O[C@H]1CC[C@H](Nc2ncc(Cl)c(-c3ccn4nccc4n3)n2)C1. The Bertz CT molecular complexity index is 961. The van der Waals surface area contributed by atoms with Crippen LogP contribution in [0.5, 0.6) is 0 Å². The summed E-state index contributed by atoms with van der Waals surface area (Å²) < 4.78 is 6.71. The lowest BCUT2D eigenvalue weighted by Crippen LogP contribution is -2.23. The third-order valence-corrected chi connectivity index (χ3v) is 4.52. The number of hydrogen-bond donors (Lipinski definition) is 2. The van der Waals surface area contributed by atoms with Crippen LogP contribution in [0.1, 0.15) is 19.3 Å². The van der Waals surface area contributed by atoms with Gasteiger partial charge in [0.05, 0.1) is 23.1 Å². The summed E-state index contributed by atoms with van der Waals surface area (Å²) in [6.07, 6.45) is 6.33. The van der Waals surface area contributed by atoms with Gasteiger partial charge in [0.1, 0.15) is 11.8 Å². The second-order valence-corrected chi connectivity index (χ2v) is 6.46. The molecule has 0 spiro atoms. The quantitative estimate of drug-likeness (QED) is 0.719. The smallest absolute Gasteiger partial charge is 0.404 e. The molecule has 0 unspecified atom stereocenters. The molecule has 9 nitrogen and oxygen atoms in total. The number of anilines is 1. The number of nitrogens with zero attached hydrogens (tertiary/aromatic N) is 5. The lowest BCUT2D eigenvalue weighted by atomic mass is 10.2. The van der Waals surface area contributed by atoms with Crippen LogP contribution in [0.15, 0.2) is 30.7 Å². The highest BCUT2D eigenvalue weighted by Gasteiger charge is 2.27. The van der Waals surface area contributed by atoms with Crippen LogP contribution in [0, 0.1) is 0 Å². The first-order valence-corrected chi connectivity index (χ1v) is 8.52. The highest BCUT2D eigenvalue weighted by molar-refractivity contribution is 6.32. The Kier molecular flexibility index (Phi) is 4.29. The largest absolute Gasteiger partial charge is 0.446 e. The first kappa shape index (κ1) is 16.5. The molecule has 0 aliphatic heterocycles. The Balaban J connectivity index is 1.54. The summed E-state index contributed by atoms with van der Waals surface area (Å²) in [4.78, 5) is 24.1. The van der Waals surface area contributed by atoms with Crippen molar-refractivity contribution in [3.63, 3.8) is 0 Å². The molecule has 1 saturated carbocycles. The zero-order chi connectivity index (χ0) is 18.1. The molecule has 1 fully saturated rings. The lowest BCUT2D eigenvalue weighted by Gasteiger charge is -2.14. The minimum Gasteiger partial charge on any atom is -0.446 e. The highest BCUT2D eigenvalue weighted by Crippen LogP contribution is 2.27. The minimum absolute atomic E-state index is 0.0960. The van der Waals surface area contributed by atoms with E-state index in [4.69, 9.17) is 22.1 Å². The molecule has 10 heteroatoms. The molecule has 4 rings (SSSR count). The molecule has 3 heterocycles. The van der Waals surface area contributed by atoms with Gasteiger partial charge in [-0.05, 0) is 18.9 Å². The van der Waals surface area contributed by atoms with Crippen LogP contribution in [0.25, 0.3) is 17.0 Å². The fourth-order valence-electron chi connectivity index (χ4n) is 3.09. The predicted molar refractivity (Wildman–Crippen MR) is 94.7 cm³/mol. The number of fused-ring (bicyclic) bond motifs is 1. The van der Waals surface area contributed by atoms with Crippen molar-refractivity contribution in [2.75, 3.05) is 5.32 Å². The molecule has 1 aliphatic carbocycles. The Labute approximate surface area is 153 Å². The third kappa shape index (κ3) is 3.38. The van der Waals surface area contributed by atoms with Gasteiger partial charge in [-0.25, -0.2) is 24.3 Å². The maximum Gasteiger partial charge on any atom is 0.404 e. The van der Waals surface area contributed by atoms with E-state index in [0.29, 0.717) is 34.4 Å². The van der Waals surface area contributed by atoms with Gasteiger partial charge in [-0.1, -0.05) is 11.6 Å². The number of nitrogens with one attached hydrogen (secondary N) is 1. The maximum atomic E-state index is 10.9. The second kappa shape index (κ2) is 6.75. The zero-order valence-corrected chi connectivity index (χ0v) is 14.4. The van der Waals surface area contributed by atoms with Crippen molar-refractivity contribution in [1.82, 2.24) is 24.6 Å². The molecular formula is C16H16ClN7O2. The first-order valence-electron chi connectivity index (χ1n) is 8.14. The van der Waals surface area contributed by atoms with E-state index in [9.17, 15) is 4.79 Å². The predicted octanol–water partition coefficient (Wildman–Crippen LogP) is 2.27. The molecule has 0 radical (unpaired) electrons. The van der Waals surface area contributed by atoms with Gasteiger partial charge < -0.3 is 15.8 Å². The Morgan fingerprint density at radius 3 is 3.08 bits per heavy atom. The van der Waals surface area contributed by atoms with Crippen LogP contribution < -0.4 is 11.1 Å². The molecule has 1 aliphatic rings.